The summed E-state index contributed by atoms with van der Waals surface area (Å²) in [5, 5.41) is 13.4. The van der Waals surface area contributed by atoms with Crippen LogP contribution in [0.2, 0.25) is 0 Å². The van der Waals surface area contributed by atoms with Crippen LogP contribution >= 0.6 is 0 Å². The number of fused-ring (bicyclic) bond motifs is 1. The minimum absolute atomic E-state index is 0.326. The second-order valence-corrected chi connectivity index (χ2v) is 6.62. The number of hydrogen-bond acceptors (Lipinski definition) is 3. The van der Waals surface area contributed by atoms with E-state index in [0.717, 1.165) is 30.6 Å². The molecule has 1 aliphatic rings. The highest BCUT2D eigenvalue weighted by molar-refractivity contribution is 7.84. The molecule has 3 unspecified atom stereocenters. The molecule has 0 fully saturated rings. The van der Waals surface area contributed by atoms with Crippen LogP contribution in [0.4, 0.5) is 0 Å². The minimum Gasteiger partial charge on any atom is -0.508 e. The quantitative estimate of drug-likeness (QED) is 0.859. The largest absolute Gasteiger partial charge is 0.508 e. The molecule has 18 heavy (non-hydrogen) atoms. The number of phenolic OH excluding ortho intramolecular Hbond substituents is 1. The van der Waals surface area contributed by atoms with E-state index in [1.165, 1.54) is 5.56 Å². The Morgan fingerprint density at radius 2 is 2.33 bits per heavy atom. The van der Waals surface area contributed by atoms with E-state index in [1.807, 2.05) is 6.07 Å². The van der Waals surface area contributed by atoms with Crippen molar-refractivity contribution < 1.29 is 9.32 Å². The van der Waals surface area contributed by atoms with Crippen molar-refractivity contribution in [3.05, 3.63) is 29.3 Å². The molecular weight excluding hydrogens is 246 g/mol. The maximum atomic E-state index is 11.1. The van der Waals surface area contributed by atoms with Crippen LogP contribution in [0.5, 0.6) is 5.75 Å². The summed E-state index contributed by atoms with van der Waals surface area (Å²) >= 11 is 0. The van der Waals surface area contributed by atoms with Gasteiger partial charge in [-0.15, -0.1) is 0 Å². The Balaban J connectivity index is 1.97. The van der Waals surface area contributed by atoms with Crippen molar-refractivity contribution in [1.82, 2.24) is 5.32 Å². The van der Waals surface area contributed by atoms with E-state index >= 15 is 0 Å². The third-order valence-corrected chi connectivity index (χ3v) is 4.38. The van der Waals surface area contributed by atoms with Crippen LogP contribution in [-0.4, -0.2) is 27.4 Å². The molecule has 100 valence electrons. The van der Waals surface area contributed by atoms with Gasteiger partial charge >= 0.3 is 0 Å². The molecule has 2 N–H and O–H groups in total. The summed E-state index contributed by atoms with van der Waals surface area (Å²) in [5.74, 6) is 1.16. The highest BCUT2D eigenvalue weighted by Gasteiger charge is 2.25. The van der Waals surface area contributed by atoms with Gasteiger partial charge in [0.05, 0.1) is 0 Å². The number of benzene rings is 1. The van der Waals surface area contributed by atoms with Gasteiger partial charge in [0.25, 0.3) is 0 Å². The third-order valence-electron chi connectivity index (χ3n) is 3.57. The smallest absolute Gasteiger partial charge is 0.119 e. The van der Waals surface area contributed by atoms with Crippen LogP contribution in [0.1, 0.15) is 36.9 Å². The van der Waals surface area contributed by atoms with Crippen LogP contribution in [0.25, 0.3) is 0 Å². The van der Waals surface area contributed by atoms with Gasteiger partial charge in [-0.25, -0.2) is 0 Å². The van der Waals surface area contributed by atoms with Crippen LogP contribution in [0.3, 0.4) is 0 Å². The Hall–Kier alpha value is -0.870. The summed E-state index contributed by atoms with van der Waals surface area (Å²) in [4.78, 5) is 0. The molecule has 0 amide bonds. The van der Waals surface area contributed by atoms with Crippen molar-refractivity contribution in [2.24, 2.45) is 0 Å². The zero-order chi connectivity index (χ0) is 13.1. The van der Waals surface area contributed by atoms with Crippen molar-refractivity contribution in [2.45, 2.75) is 38.3 Å². The summed E-state index contributed by atoms with van der Waals surface area (Å²) in [6, 6.07) is 6.43. The van der Waals surface area contributed by atoms with Gasteiger partial charge in [0, 0.05) is 34.9 Å². The summed E-state index contributed by atoms with van der Waals surface area (Å²) in [7, 11) is -0.718. The summed E-state index contributed by atoms with van der Waals surface area (Å²) < 4.78 is 11.1. The fourth-order valence-corrected chi connectivity index (χ4v) is 3.26. The summed E-state index contributed by atoms with van der Waals surface area (Å²) in [6.45, 7) is 2.13. The Bertz CT molecular complexity index is 447. The average Bonchev–Trinajstić information content (AvgIpc) is 2.72. The Labute approximate surface area is 111 Å². The molecule has 0 aliphatic heterocycles. The van der Waals surface area contributed by atoms with Crippen LogP contribution < -0.4 is 5.32 Å². The molecule has 0 heterocycles. The highest BCUT2D eigenvalue weighted by atomic mass is 32.2. The third kappa shape index (κ3) is 3.12. The van der Waals surface area contributed by atoms with Gasteiger partial charge in [-0.2, -0.15) is 0 Å². The lowest BCUT2D eigenvalue weighted by Crippen LogP contribution is -2.30. The van der Waals surface area contributed by atoms with Gasteiger partial charge in [-0.1, -0.05) is 12.1 Å². The lowest BCUT2D eigenvalue weighted by molar-refractivity contribution is 0.446. The highest BCUT2D eigenvalue weighted by Crippen LogP contribution is 2.36. The van der Waals surface area contributed by atoms with Crippen molar-refractivity contribution >= 4 is 10.8 Å². The van der Waals surface area contributed by atoms with Gasteiger partial charge in [-0.3, -0.25) is 4.21 Å². The summed E-state index contributed by atoms with van der Waals surface area (Å²) in [5.41, 5.74) is 2.31. The van der Waals surface area contributed by atoms with E-state index in [2.05, 4.69) is 18.3 Å². The first-order valence-corrected chi connectivity index (χ1v) is 8.17. The van der Waals surface area contributed by atoms with Gasteiger partial charge in [0.15, 0.2) is 0 Å². The van der Waals surface area contributed by atoms with E-state index in [0.29, 0.717) is 17.8 Å². The van der Waals surface area contributed by atoms with Crippen molar-refractivity contribution in [3.63, 3.8) is 0 Å². The molecule has 0 bridgehead atoms. The molecule has 1 aromatic rings. The lowest BCUT2D eigenvalue weighted by atomic mass is 10.1. The fourth-order valence-electron chi connectivity index (χ4n) is 2.58. The summed E-state index contributed by atoms with van der Waals surface area (Å²) in [6.07, 6.45) is 4.64. The first-order valence-electron chi connectivity index (χ1n) is 6.44. The molecule has 0 spiro atoms. The molecule has 0 radical (unpaired) electrons. The number of nitrogens with one attached hydrogen (secondary N) is 1. The SMILES string of the molecule is CC(CCS(C)=O)NC1CCc2c(O)cccc21. The van der Waals surface area contributed by atoms with Gasteiger partial charge in [0.2, 0.25) is 0 Å². The normalized spacial score (nSPS) is 21.6. The molecule has 0 saturated heterocycles. The number of rotatable bonds is 5. The first kappa shape index (κ1) is 13.6. The fraction of sp³-hybridized carbons (Fsp3) is 0.571. The maximum Gasteiger partial charge on any atom is 0.119 e. The monoisotopic (exact) mass is 267 g/mol. The van der Waals surface area contributed by atoms with Crippen LogP contribution in [0.15, 0.2) is 18.2 Å². The number of phenols is 1. The predicted molar refractivity (Wildman–Crippen MR) is 75.3 cm³/mol. The number of aromatic hydroxyl groups is 1. The zero-order valence-corrected chi connectivity index (χ0v) is 11.8. The van der Waals surface area contributed by atoms with E-state index in [9.17, 15) is 9.32 Å². The predicted octanol–water partition coefficient (Wildman–Crippen LogP) is 2.13. The zero-order valence-electron chi connectivity index (χ0n) is 11.0. The Morgan fingerprint density at radius 3 is 3.06 bits per heavy atom. The van der Waals surface area contributed by atoms with E-state index in [-0.39, 0.29) is 0 Å². The number of hydrogen-bond donors (Lipinski definition) is 2. The van der Waals surface area contributed by atoms with Gasteiger partial charge in [-0.05, 0) is 43.4 Å². The van der Waals surface area contributed by atoms with E-state index in [1.54, 1.807) is 12.3 Å². The first-order chi connectivity index (χ1) is 8.58. The molecule has 3 nitrogen and oxygen atoms in total. The van der Waals surface area contributed by atoms with Gasteiger partial charge < -0.3 is 10.4 Å². The lowest BCUT2D eigenvalue weighted by Gasteiger charge is -2.20. The molecule has 0 aromatic heterocycles. The minimum atomic E-state index is -0.718. The molecule has 1 aliphatic carbocycles. The van der Waals surface area contributed by atoms with Gasteiger partial charge in [0.1, 0.15) is 5.75 Å². The van der Waals surface area contributed by atoms with E-state index in [4.69, 9.17) is 0 Å². The molecule has 4 heteroatoms. The second kappa shape index (κ2) is 5.85. The Kier molecular flexibility index (Phi) is 4.40. The second-order valence-electron chi connectivity index (χ2n) is 5.07. The molecule has 3 atom stereocenters. The average molecular weight is 267 g/mol. The van der Waals surface area contributed by atoms with Crippen LogP contribution in [-0.2, 0) is 17.2 Å². The van der Waals surface area contributed by atoms with Crippen molar-refractivity contribution in [1.29, 1.82) is 0 Å². The molecular formula is C14H21NO2S. The topological polar surface area (TPSA) is 49.3 Å². The van der Waals surface area contributed by atoms with Crippen molar-refractivity contribution in [3.8, 4) is 5.75 Å². The standard InChI is InChI=1S/C14H21NO2S/c1-10(8-9-18(2)17)15-13-7-6-12-11(13)4-3-5-14(12)16/h3-5,10,13,15-16H,6-9H2,1-2H3. The molecule has 0 saturated carbocycles. The Morgan fingerprint density at radius 1 is 1.56 bits per heavy atom. The molecule has 2 rings (SSSR count). The van der Waals surface area contributed by atoms with Crippen LogP contribution in [0, 0.1) is 0 Å². The van der Waals surface area contributed by atoms with E-state index < -0.39 is 10.8 Å². The molecule has 1 aromatic carbocycles. The maximum absolute atomic E-state index is 11.1. The van der Waals surface area contributed by atoms with Crippen molar-refractivity contribution in [2.75, 3.05) is 12.0 Å².